The van der Waals surface area contributed by atoms with E-state index in [0.717, 1.165) is 0 Å². The van der Waals surface area contributed by atoms with E-state index in [4.69, 9.17) is 4.74 Å². The zero-order valence-corrected chi connectivity index (χ0v) is 11.7. The van der Waals surface area contributed by atoms with E-state index in [-0.39, 0.29) is 17.4 Å². The molecule has 1 amide bonds. The maximum Gasteiger partial charge on any atom is 0.253 e. The van der Waals surface area contributed by atoms with Gasteiger partial charge in [0.15, 0.2) is 0 Å². The van der Waals surface area contributed by atoms with Gasteiger partial charge in [-0.15, -0.1) is 0 Å². The van der Waals surface area contributed by atoms with Gasteiger partial charge in [-0.1, -0.05) is 6.07 Å². The van der Waals surface area contributed by atoms with Crippen LogP contribution in [0.3, 0.4) is 0 Å². The number of carbonyl (C=O) groups is 1. The van der Waals surface area contributed by atoms with Gasteiger partial charge in [-0.2, -0.15) is 0 Å². The number of nitrogens with zero attached hydrogens (tertiary/aromatic N) is 1. The molecule has 1 aliphatic rings. The molecule has 0 spiro atoms. The third kappa shape index (κ3) is 2.78. The van der Waals surface area contributed by atoms with Gasteiger partial charge in [-0.05, 0) is 31.7 Å². The molecular formula is C12H16N2O4S. The van der Waals surface area contributed by atoms with Crippen LogP contribution in [0.25, 0.3) is 0 Å². The van der Waals surface area contributed by atoms with Crippen molar-refractivity contribution in [2.75, 3.05) is 31.7 Å². The van der Waals surface area contributed by atoms with Crippen LogP contribution < -0.4 is 9.62 Å². The second kappa shape index (κ2) is 5.28. The van der Waals surface area contributed by atoms with Crippen LogP contribution in [-0.2, 0) is 19.6 Å². The maximum absolute atomic E-state index is 11.9. The number of hydrogen-bond donors (Lipinski definition) is 1. The molecule has 0 aromatic heterocycles. The average Bonchev–Trinajstić information content (AvgIpc) is 2.40. The fourth-order valence-electron chi connectivity index (χ4n) is 1.95. The van der Waals surface area contributed by atoms with E-state index >= 15 is 0 Å². The van der Waals surface area contributed by atoms with Crippen molar-refractivity contribution in [3.63, 3.8) is 0 Å². The molecule has 0 radical (unpaired) electrons. The van der Waals surface area contributed by atoms with E-state index in [9.17, 15) is 13.2 Å². The smallest absolute Gasteiger partial charge is 0.253 e. The normalized spacial score (nSPS) is 16.7. The summed E-state index contributed by atoms with van der Waals surface area (Å²) in [5.41, 5.74) is 1.21. The number of amides is 1. The summed E-state index contributed by atoms with van der Waals surface area (Å²) >= 11 is 0. The highest BCUT2D eigenvalue weighted by Gasteiger charge is 2.22. The van der Waals surface area contributed by atoms with Crippen molar-refractivity contribution in [2.45, 2.75) is 11.8 Å². The van der Waals surface area contributed by atoms with Crippen molar-refractivity contribution in [3.05, 3.63) is 23.8 Å². The second-order valence-corrected chi connectivity index (χ2v) is 6.11. The molecule has 2 rings (SSSR count). The van der Waals surface area contributed by atoms with Gasteiger partial charge in [-0.25, -0.2) is 13.1 Å². The van der Waals surface area contributed by atoms with Crippen molar-refractivity contribution in [3.8, 4) is 0 Å². The Morgan fingerprint density at radius 3 is 2.74 bits per heavy atom. The Hall–Kier alpha value is -1.44. The van der Waals surface area contributed by atoms with Crippen LogP contribution in [0.5, 0.6) is 0 Å². The zero-order chi connectivity index (χ0) is 14.0. The summed E-state index contributed by atoms with van der Waals surface area (Å²) in [6.45, 7) is 2.63. The van der Waals surface area contributed by atoms with Gasteiger partial charge in [0.2, 0.25) is 10.0 Å². The molecule has 0 aliphatic carbocycles. The number of morpholine rings is 1. The molecule has 0 atom stereocenters. The number of aryl methyl sites for hydroxylation is 1. The SMILES string of the molecule is CNS(=O)(=O)c1cc(N2CCOCC2=O)ccc1C. The minimum atomic E-state index is -3.53. The first-order valence-corrected chi connectivity index (χ1v) is 7.36. The lowest BCUT2D eigenvalue weighted by Crippen LogP contribution is -2.41. The number of carbonyl (C=O) groups excluding carboxylic acids is 1. The van der Waals surface area contributed by atoms with Crippen LogP contribution in [-0.4, -0.2) is 41.1 Å². The molecule has 19 heavy (non-hydrogen) atoms. The lowest BCUT2D eigenvalue weighted by Gasteiger charge is -2.27. The summed E-state index contributed by atoms with van der Waals surface area (Å²) in [5, 5.41) is 0. The quantitative estimate of drug-likeness (QED) is 0.864. The molecule has 1 heterocycles. The number of benzene rings is 1. The van der Waals surface area contributed by atoms with E-state index in [2.05, 4.69) is 4.72 Å². The fraction of sp³-hybridized carbons (Fsp3) is 0.417. The number of anilines is 1. The Morgan fingerprint density at radius 1 is 1.37 bits per heavy atom. The monoisotopic (exact) mass is 284 g/mol. The number of sulfonamides is 1. The minimum Gasteiger partial charge on any atom is -0.370 e. The molecule has 7 heteroatoms. The van der Waals surface area contributed by atoms with Crippen LogP contribution in [0, 0.1) is 6.92 Å². The highest BCUT2D eigenvalue weighted by atomic mass is 32.2. The third-order valence-corrected chi connectivity index (χ3v) is 4.58. The summed E-state index contributed by atoms with van der Waals surface area (Å²) in [7, 11) is -2.16. The standard InChI is InChI=1S/C12H16N2O4S/c1-9-3-4-10(7-11(9)19(16,17)13-2)14-5-6-18-8-12(14)15/h3-4,7,13H,5-6,8H2,1-2H3. The van der Waals surface area contributed by atoms with E-state index < -0.39 is 10.0 Å². The van der Waals surface area contributed by atoms with Crippen LogP contribution in [0.15, 0.2) is 23.1 Å². The summed E-state index contributed by atoms with van der Waals surface area (Å²) in [5.74, 6) is -0.164. The predicted octanol–water partition coefficient (Wildman–Crippen LogP) is 0.266. The summed E-state index contributed by atoms with van der Waals surface area (Å²) in [6, 6.07) is 4.96. The number of rotatable bonds is 3. The fourth-order valence-corrected chi connectivity index (χ4v) is 2.93. The molecule has 0 bridgehead atoms. The van der Waals surface area contributed by atoms with Gasteiger partial charge in [0.25, 0.3) is 5.91 Å². The molecule has 104 valence electrons. The maximum atomic E-state index is 11.9. The lowest BCUT2D eigenvalue weighted by molar-refractivity contribution is -0.125. The van der Waals surface area contributed by atoms with Gasteiger partial charge in [0, 0.05) is 12.2 Å². The molecule has 1 N–H and O–H groups in total. The molecule has 0 unspecified atom stereocenters. The topological polar surface area (TPSA) is 75.7 Å². The molecule has 1 fully saturated rings. The van der Waals surface area contributed by atoms with E-state index in [1.165, 1.54) is 18.0 Å². The summed E-state index contributed by atoms with van der Waals surface area (Å²) < 4.78 is 31.1. The second-order valence-electron chi connectivity index (χ2n) is 4.26. The highest BCUT2D eigenvalue weighted by Crippen LogP contribution is 2.23. The van der Waals surface area contributed by atoms with Crippen molar-refractivity contribution in [1.29, 1.82) is 0 Å². The van der Waals surface area contributed by atoms with Gasteiger partial charge < -0.3 is 9.64 Å². The predicted molar refractivity (Wildman–Crippen MR) is 70.6 cm³/mol. The van der Waals surface area contributed by atoms with E-state index in [1.54, 1.807) is 19.1 Å². The van der Waals surface area contributed by atoms with E-state index in [0.29, 0.717) is 24.4 Å². The average molecular weight is 284 g/mol. The Morgan fingerprint density at radius 2 is 2.11 bits per heavy atom. The van der Waals surface area contributed by atoms with Crippen molar-refractivity contribution >= 4 is 21.6 Å². The van der Waals surface area contributed by atoms with Crippen LogP contribution in [0.4, 0.5) is 5.69 Å². The Balaban J connectivity index is 2.44. The Labute approximate surface area is 112 Å². The molecule has 6 nitrogen and oxygen atoms in total. The first-order valence-electron chi connectivity index (χ1n) is 5.88. The van der Waals surface area contributed by atoms with E-state index in [1.807, 2.05) is 0 Å². The summed E-state index contributed by atoms with van der Waals surface area (Å²) in [4.78, 5) is 13.5. The first kappa shape index (κ1) is 14.0. The Kier molecular flexibility index (Phi) is 3.88. The molecule has 1 aromatic carbocycles. The number of hydrogen-bond acceptors (Lipinski definition) is 4. The first-order chi connectivity index (χ1) is 8.95. The van der Waals surface area contributed by atoms with Crippen molar-refractivity contribution in [2.24, 2.45) is 0 Å². The van der Waals surface area contributed by atoms with Gasteiger partial charge in [0.1, 0.15) is 6.61 Å². The van der Waals surface area contributed by atoms with Gasteiger partial charge in [-0.3, -0.25) is 4.79 Å². The third-order valence-electron chi connectivity index (χ3n) is 3.03. The van der Waals surface area contributed by atoms with Crippen LogP contribution >= 0.6 is 0 Å². The molecule has 1 saturated heterocycles. The molecular weight excluding hydrogens is 268 g/mol. The van der Waals surface area contributed by atoms with Crippen LogP contribution in [0.2, 0.25) is 0 Å². The van der Waals surface area contributed by atoms with Gasteiger partial charge in [0.05, 0.1) is 11.5 Å². The van der Waals surface area contributed by atoms with Crippen LogP contribution in [0.1, 0.15) is 5.56 Å². The highest BCUT2D eigenvalue weighted by molar-refractivity contribution is 7.89. The number of nitrogens with one attached hydrogen (secondary N) is 1. The zero-order valence-electron chi connectivity index (χ0n) is 10.8. The molecule has 1 aromatic rings. The van der Waals surface area contributed by atoms with Gasteiger partial charge >= 0.3 is 0 Å². The largest absolute Gasteiger partial charge is 0.370 e. The van der Waals surface area contributed by atoms with Crippen molar-refractivity contribution in [1.82, 2.24) is 4.72 Å². The molecule has 1 aliphatic heterocycles. The summed E-state index contributed by atoms with van der Waals surface area (Å²) in [6.07, 6.45) is 0. The minimum absolute atomic E-state index is 0.0297. The number of ether oxygens (including phenoxy) is 1. The van der Waals surface area contributed by atoms with Crippen molar-refractivity contribution < 1.29 is 17.9 Å². The molecule has 0 saturated carbocycles. The lowest BCUT2D eigenvalue weighted by atomic mass is 10.2. The Bertz CT molecular complexity index is 598.